The lowest BCUT2D eigenvalue weighted by Crippen LogP contribution is -2.44. The van der Waals surface area contributed by atoms with Gasteiger partial charge in [0.05, 0.1) is 0 Å². The van der Waals surface area contributed by atoms with Crippen LogP contribution in [0.1, 0.15) is 6.92 Å². The average Bonchev–Trinajstić information content (AvgIpc) is 1.61. The maximum Gasteiger partial charge on any atom is 0.424 e. The molecule has 1 unspecified atom stereocenters. The Morgan fingerprint density at radius 1 is 1.50 bits per heavy atom. The third kappa shape index (κ3) is 1.88. The normalized spacial score (nSPS) is 17.6. The molecule has 58 valence electrons. The van der Waals surface area contributed by atoms with Crippen LogP contribution in [0.2, 0.25) is 0 Å². The molecule has 0 radical (unpaired) electrons. The summed E-state index contributed by atoms with van der Waals surface area (Å²) < 4.78 is 34.9. The maximum atomic E-state index is 11.6. The highest BCUT2D eigenvalue weighted by Crippen LogP contribution is 2.29. The number of aliphatic hydroxyl groups is 1. The second-order valence-electron chi connectivity index (χ2n) is 2.09. The average molecular weight is 153 g/mol. The van der Waals surface area contributed by atoms with E-state index in [0.717, 1.165) is 0 Å². The number of alkyl halides is 3. The highest BCUT2D eigenvalue weighted by molar-refractivity contribution is 4.88. The van der Waals surface area contributed by atoms with Crippen LogP contribution in [0.15, 0.2) is 0 Å². The SMILES string of the molecule is [C-]#[N+]CC(C)(O)C(F)(F)F. The van der Waals surface area contributed by atoms with Crippen molar-refractivity contribution in [1.82, 2.24) is 0 Å². The van der Waals surface area contributed by atoms with Gasteiger partial charge in [0, 0.05) is 0 Å². The van der Waals surface area contributed by atoms with E-state index in [4.69, 9.17) is 11.7 Å². The molecule has 0 saturated carbocycles. The fraction of sp³-hybridized carbons (Fsp3) is 0.800. The van der Waals surface area contributed by atoms with Crippen molar-refractivity contribution in [3.63, 3.8) is 0 Å². The van der Waals surface area contributed by atoms with Crippen LogP contribution in [-0.2, 0) is 0 Å². The summed E-state index contributed by atoms with van der Waals surface area (Å²) in [7, 11) is 0. The van der Waals surface area contributed by atoms with Crippen LogP contribution < -0.4 is 0 Å². The summed E-state index contributed by atoms with van der Waals surface area (Å²) in [5, 5.41) is 8.51. The summed E-state index contributed by atoms with van der Waals surface area (Å²) in [6, 6.07) is 0. The van der Waals surface area contributed by atoms with Crippen LogP contribution in [0.5, 0.6) is 0 Å². The molecule has 0 aromatic carbocycles. The molecule has 1 N–H and O–H groups in total. The molecule has 0 aliphatic carbocycles. The number of nitrogens with zero attached hydrogens (tertiary/aromatic N) is 1. The Morgan fingerprint density at radius 3 is 2.00 bits per heavy atom. The highest BCUT2D eigenvalue weighted by Gasteiger charge is 2.52. The van der Waals surface area contributed by atoms with Gasteiger partial charge in [-0.25, -0.2) is 6.57 Å². The molecule has 0 aliphatic rings. The molecular formula is C5H6F3NO. The smallest absolute Gasteiger partial charge is 0.375 e. The molecule has 0 bridgehead atoms. The minimum Gasteiger partial charge on any atom is -0.375 e. The first-order valence-electron chi connectivity index (χ1n) is 2.43. The van der Waals surface area contributed by atoms with Crippen LogP contribution >= 0.6 is 0 Å². The first-order valence-corrected chi connectivity index (χ1v) is 2.43. The molecule has 10 heavy (non-hydrogen) atoms. The van der Waals surface area contributed by atoms with E-state index in [2.05, 4.69) is 4.85 Å². The van der Waals surface area contributed by atoms with Gasteiger partial charge in [-0.1, -0.05) is 0 Å². The van der Waals surface area contributed by atoms with Gasteiger partial charge in [-0.05, 0) is 6.92 Å². The van der Waals surface area contributed by atoms with E-state index in [1.807, 2.05) is 0 Å². The van der Waals surface area contributed by atoms with Crippen molar-refractivity contribution in [2.75, 3.05) is 6.54 Å². The van der Waals surface area contributed by atoms with Gasteiger partial charge in [-0.15, -0.1) is 0 Å². The molecule has 2 nitrogen and oxygen atoms in total. The molecule has 0 aliphatic heterocycles. The zero-order valence-corrected chi connectivity index (χ0v) is 5.24. The Morgan fingerprint density at radius 2 is 1.90 bits per heavy atom. The minimum atomic E-state index is -4.71. The second-order valence-corrected chi connectivity index (χ2v) is 2.09. The quantitative estimate of drug-likeness (QED) is 0.563. The topological polar surface area (TPSA) is 24.6 Å². The van der Waals surface area contributed by atoms with E-state index >= 15 is 0 Å². The maximum absolute atomic E-state index is 11.6. The van der Waals surface area contributed by atoms with Crippen LogP contribution in [0.3, 0.4) is 0 Å². The molecule has 0 spiro atoms. The van der Waals surface area contributed by atoms with Crippen molar-refractivity contribution >= 4 is 0 Å². The Balaban J connectivity index is 4.28. The predicted molar refractivity (Wildman–Crippen MR) is 28.1 cm³/mol. The van der Waals surface area contributed by atoms with Crippen LogP contribution in [0.25, 0.3) is 4.85 Å². The second kappa shape index (κ2) is 2.46. The summed E-state index contributed by atoms with van der Waals surface area (Å²) in [6.45, 7) is 5.73. The van der Waals surface area contributed by atoms with Gasteiger partial charge >= 0.3 is 6.18 Å². The van der Waals surface area contributed by atoms with Gasteiger partial charge in [0.1, 0.15) is 0 Å². The largest absolute Gasteiger partial charge is 0.424 e. The van der Waals surface area contributed by atoms with E-state index in [9.17, 15) is 13.2 Å². The number of rotatable bonds is 1. The molecule has 0 amide bonds. The molecule has 0 fully saturated rings. The Labute approximate surface area is 56.1 Å². The monoisotopic (exact) mass is 153 g/mol. The van der Waals surface area contributed by atoms with Gasteiger partial charge in [0.2, 0.25) is 5.60 Å². The highest BCUT2D eigenvalue weighted by atomic mass is 19.4. The zero-order chi connectivity index (χ0) is 8.41. The van der Waals surface area contributed by atoms with Gasteiger partial charge in [0.25, 0.3) is 6.54 Å². The fourth-order valence-electron chi connectivity index (χ4n) is 0.244. The fourth-order valence-corrected chi connectivity index (χ4v) is 0.244. The zero-order valence-electron chi connectivity index (χ0n) is 5.24. The van der Waals surface area contributed by atoms with E-state index < -0.39 is 18.3 Å². The predicted octanol–water partition coefficient (Wildman–Crippen LogP) is 1.22. The minimum absolute atomic E-state index is 0.574. The van der Waals surface area contributed by atoms with Crippen LogP contribution in [0.4, 0.5) is 13.2 Å². The third-order valence-corrected chi connectivity index (χ3v) is 0.998. The van der Waals surface area contributed by atoms with Gasteiger partial charge in [0.15, 0.2) is 0 Å². The Hall–Kier alpha value is -0.760. The lowest BCUT2D eigenvalue weighted by atomic mass is 10.1. The number of hydrogen-bond donors (Lipinski definition) is 1. The molecule has 0 aromatic heterocycles. The lowest BCUT2D eigenvalue weighted by molar-refractivity contribution is -0.245. The lowest BCUT2D eigenvalue weighted by Gasteiger charge is -2.19. The van der Waals surface area contributed by atoms with Gasteiger partial charge < -0.3 is 9.95 Å². The molecule has 0 rings (SSSR count). The summed E-state index contributed by atoms with van der Waals surface area (Å²) in [5.41, 5.74) is -2.87. The van der Waals surface area contributed by atoms with Crippen LogP contribution in [-0.4, -0.2) is 23.4 Å². The molecule has 0 heterocycles. The third-order valence-electron chi connectivity index (χ3n) is 0.998. The van der Waals surface area contributed by atoms with Crippen molar-refractivity contribution in [2.24, 2.45) is 0 Å². The Bertz CT molecular complexity index is 155. The molecule has 5 heteroatoms. The van der Waals surface area contributed by atoms with E-state index in [1.54, 1.807) is 0 Å². The first-order chi connectivity index (χ1) is 4.31. The van der Waals surface area contributed by atoms with Crippen molar-refractivity contribution in [3.05, 3.63) is 11.4 Å². The van der Waals surface area contributed by atoms with Gasteiger partial charge in [-0.3, -0.25) is 0 Å². The van der Waals surface area contributed by atoms with Crippen molar-refractivity contribution < 1.29 is 18.3 Å². The molecule has 1 atom stereocenters. The number of hydrogen-bond acceptors (Lipinski definition) is 1. The standard InChI is InChI=1S/C5H6F3NO/c1-4(10,3-9-2)5(6,7)8/h10H,3H2,1H3. The van der Waals surface area contributed by atoms with E-state index in [1.165, 1.54) is 0 Å². The van der Waals surface area contributed by atoms with Crippen LogP contribution in [0, 0.1) is 6.57 Å². The van der Waals surface area contributed by atoms with Crippen molar-refractivity contribution in [3.8, 4) is 0 Å². The van der Waals surface area contributed by atoms with Gasteiger partial charge in [-0.2, -0.15) is 13.2 Å². The van der Waals surface area contributed by atoms with E-state index in [0.29, 0.717) is 6.92 Å². The first kappa shape index (κ1) is 9.24. The number of halogens is 3. The summed E-state index contributed by atoms with van der Waals surface area (Å²) in [5.74, 6) is 0. The molecule has 0 aromatic rings. The Kier molecular flexibility index (Phi) is 2.28. The molecule has 0 saturated heterocycles. The van der Waals surface area contributed by atoms with Crippen molar-refractivity contribution in [1.29, 1.82) is 0 Å². The summed E-state index contributed by atoms with van der Waals surface area (Å²) >= 11 is 0. The van der Waals surface area contributed by atoms with Crippen molar-refractivity contribution in [2.45, 2.75) is 18.7 Å². The summed E-state index contributed by atoms with van der Waals surface area (Å²) in [4.78, 5) is 2.45. The molecular weight excluding hydrogens is 147 g/mol. The summed E-state index contributed by atoms with van der Waals surface area (Å²) in [6.07, 6.45) is -4.71. The van der Waals surface area contributed by atoms with E-state index in [-0.39, 0.29) is 0 Å².